The molecule has 1 aromatic carbocycles. The van der Waals surface area contributed by atoms with Crippen LogP contribution in [0.4, 0.5) is 26.6 Å². The second kappa shape index (κ2) is 8.44. The first-order valence-electron chi connectivity index (χ1n) is 9.84. The quantitative estimate of drug-likeness (QED) is 0.454. The SMILES string of the molecule is Cc1nc(N(I)[C@H]2C[C@H](NC(=O)Oc3ccc(F)cc3)C2)nc2c1NC(=O)[C@H](C)N2C. The average molecular weight is 540 g/mol. The summed E-state index contributed by atoms with van der Waals surface area (Å²) in [6, 6.07) is 5.08. The highest BCUT2D eigenvalue weighted by Gasteiger charge is 2.37. The zero-order valence-corrected chi connectivity index (χ0v) is 19.4. The van der Waals surface area contributed by atoms with Crippen LogP contribution in [0.5, 0.6) is 5.75 Å². The van der Waals surface area contributed by atoms with Crippen LogP contribution in [0.1, 0.15) is 25.5 Å². The molecule has 0 saturated heterocycles. The van der Waals surface area contributed by atoms with Crippen LogP contribution in [-0.2, 0) is 4.79 Å². The van der Waals surface area contributed by atoms with E-state index in [1.165, 1.54) is 24.3 Å². The van der Waals surface area contributed by atoms with Crippen molar-refractivity contribution in [2.24, 2.45) is 0 Å². The van der Waals surface area contributed by atoms with Gasteiger partial charge in [-0.3, -0.25) is 7.91 Å². The summed E-state index contributed by atoms with van der Waals surface area (Å²) in [6.07, 6.45) is 0.857. The summed E-state index contributed by atoms with van der Waals surface area (Å²) >= 11 is 2.18. The molecular formula is C20H22FIN6O3. The van der Waals surface area contributed by atoms with Gasteiger partial charge >= 0.3 is 6.09 Å². The van der Waals surface area contributed by atoms with E-state index in [0.29, 0.717) is 36.0 Å². The molecule has 0 unspecified atom stereocenters. The number of anilines is 3. The Hall–Kier alpha value is -2.70. The van der Waals surface area contributed by atoms with Crippen molar-refractivity contribution in [2.45, 2.75) is 44.8 Å². The van der Waals surface area contributed by atoms with Gasteiger partial charge in [0.2, 0.25) is 11.9 Å². The lowest BCUT2D eigenvalue weighted by molar-refractivity contribution is -0.117. The van der Waals surface area contributed by atoms with Crippen LogP contribution in [0.15, 0.2) is 24.3 Å². The number of aromatic nitrogens is 2. The van der Waals surface area contributed by atoms with Gasteiger partial charge in [0, 0.05) is 19.1 Å². The number of hydrogen-bond donors (Lipinski definition) is 2. The van der Waals surface area contributed by atoms with E-state index in [9.17, 15) is 14.0 Å². The number of carbonyl (C=O) groups is 2. The second-order valence-corrected chi connectivity index (χ2v) is 8.74. The molecule has 2 amide bonds. The van der Waals surface area contributed by atoms with Gasteiger partial charge in [-0.25, -0.2) is 14.2 Å². The highest BCUT2D eigenvalue weighted by molar-refractivity contribution is 14.1. The predicted octanol–water partition coefficient (Wildman–Crippen LogP) is 3.18. The lowest BCUT2D eigenvalue weighted by atomic mass is 9.87. The van der Waals surface area contributed by atoms with Crippen molar-refractivity contribution in [3.05, 3.63) is 35.8 Å². The number of rotatable bonds is 4. The molecule has 0 spiro atoms. The molecule has 164 valence electrons. The van der Waals surface area contributed by atoms with Crippen molar-refractivity contribution < 1.29 is 18.7 Å². The Morgan fingerprint density at radius 1 is 1.32 bits per heavy atom. The summed E-state index contributed by atoms with van der Waals surface area (Å²) in [5.41, 5.74) is 1.33. The van der Waals surface area contributed by atoms with Gasteiger partial charge in [-0.1, -0.05) is 0 Å². The Bertz CT molecular complexity index is 1010. The van der Waals surface area contributed by atoms with E-state index in [1.807, 2.05) is 28.9 Å². The van der Waals surface area contributed by atoms with E-state index in [2.05, 4.69) is 43.5 Å². The van der Waals surface area contributed by atoms with Crippen LogP contribution in [0.2, 0.25) is 0 Å². The number of aryl methyl sites for hydroxylation is 1. The summed E-state index contributed by atoms with van der Waals surface area (Å²) in [6.45, 7) is 3.67. The van der Waals surface area contributed by atoms with Gasteiger partial charge in [0.15, 0.2) is 5.82 Å². The van der Waals surface area contributed by atoms with Gasteiger partial charge in [0.1, 0.15) is 23.3 Å². The second-order valence-electron chi connectivity index (χ2n) is 7.70. The fourth-order valence-electron chi connectivity index (χ4n) is 3.49. The Labute approximate surface area is 192 Å². The van der Waals surface area contributed by atoms with Gasteiger partial charge in [-0.2, -0.15) is 4.98 Å². The number of likely N-dealkylation sites (N-methyl/N-ethyl adjacent to an activating group) is 1. The number of halogens is 2. The van der Waals surface area contributed by atoms with Crippen molar-refractivity contribution in [3.63, 3.8) is 0 Å². The molecule has 1 aliphatic carbocycles. The van der Waals surface area contributed by atoms with Gasteiger partial charge < -0.3 is 20.3 Å². The highest BCUT2D eigenvalue weighted by atomic mass is 127. The van der Waals surface area contributed by atoms with Crippen molar-refractivity contribution in [1.82, 2.24) is 15.3 Å². The molecule has 1 aromatic heterocycles. The van der Waals surface area contributed by atoms with Gasteiger partial charge in [0.25, 0.3) is 0 Å². The monoisotopic (exact) mass is 540 g/mol. The summed E-state index contributed by atoms with van der Waals surface area (Å²) in [5, 5.41) is 5.69. The third kappa shape index (κ3) is 4.36. The van der Waals surface area contributed by atoms with Crippen molar-refractivity contribution in [3.8, 4) is 5.75 Å². The van der Waals surface area contributed by atoms with Crippen LogP contribution in [0, 0.1) is 12.7 Å². The molecule has 0 bridgehead atoms. The van der Waals surface area contributed by atoms with E-state index in [1.54, 1.807) is 0 Å². The minimum Gasteiger partial charge on any atom is -0.410 e. The molecule has 2 heterocycles. The van der Waals surface area contributed by atoms with E-state index >= 15 is 0 Å². The van der Waals surface area contributed by atoms with E-state index < -0.39 is 6.09 Å². The number of fused-ring (bicyclic) bond motifs is 1. The third-order valence-electron chi connectivity index (χ3n) is 5.57. The first kappa shape index (κ1) is 21.5. The average Bonchev–Trinajstić information content (AvgIpc) is 2.70. The van der Waals surface area contributed by atoms with Crippen LogP contribution in [0.25, 0.3) is 0 Å². The maximum atomic E-state index is 12.9. The summed E-state index contributed by atoms with van der Waals surface area (Å²) in [7, 11) is 1.84. The minimum atomic E-state index is -0.567. The first-order valence-corrected chi connectivity index (χ1v) is 10.8. The Morgan fingerprint density at radius 2 is 2.00 bits per heavy atom. The zero-order chi connectivity index (χ0) is 22.3. The molecule has 31 heavy (non-hydrogen) atoms. The number of benzene rings is 1. The number of nitrogens with zero attached hydrogens (tertiary/aromatic N) is 4. The molecule has 4 rings (SSSR count). The normalized spacial score (nSPS) is 22.2. The summed E-state index contributed by atoms with van der Waals surface area (Å²) in [4.78, 5) is 35.2. The molecular weight excluding hydrogens is 518 g/mol. The van der Waals surface area contributed by atoms with E-state index in [4.69, 9.17) is 4.74 Å². The van der Waals surface area contributed by atoms with Gasteiger partial charge in [-0.15, -0.1) is 0 Å². The Morgan fingerprint density at radius 3 is 2.68 bits per heavy atom. The molecule has 2 aromatic rings. The number of carbonyl (C=O) groups excluding carboxylic acids is 2. The molecule has 1 aliphatic heterocycles. The lowest BCUT2D eigenvalue weighted by Crippen LogP contribution is -2.52. The van der Waals surface area contributed by atoms with Crippen LogP contribution in [-0.4, -0.2) is 47.1 Å². The maximum absolute atomic E-state index is 12.9. The smallest absolute Gasteiger partial charge is 0.410 e. The van der Waals surface area contributed by atoms with Crippen LogP contribution < -0.4 is 23.4 Å². The molecule has 2 N–H and O–H groups in total. The van der Waals surface area contributed by atoms with Crippen LogP contribution in [0.3, 0.4) is 0 Å². The summed E-state index contributed by atoms with van der Waals surface area (Å²) < 4.78 is 20.1. The largest absolute Gasteiger partial charge is 0.412 e. The van der Waals surface area contributed by atoms with Crippen molar-refractivity contribution >= 4 is 52.3 Å². The molecule has 1 saturated carbocycles. The molecule has 0 radical (unpaired) electrons. The fraction of sp³-hybridized carbons (Fsp3) is 0.400. The number of nitrogens with one attached hydrogen (secondary N) is 2. The number of amides is 2. The topological polar surface area (TPSA) is 99.7 Å². The fourth-order valence-corrected chi connectivity index (χ4v) is 4.16. The molecule has 9 nitrogen and oxygen atoms in total. The lowest BCUT2D eigenvalue weighted by Gasteiger charge is -2.40. The molecule has 1 fully saturated rings. The Kier molecular flexibility index (Phi) is 5.86. The predicted molar refractivity (Wildman–Crippen MR) is 122 cm³/mol. The third-order valence-corrected chi connectivity index (χ3v) is 6.79. The molecule has 1 atom stereocenters. The summed E-state index contributed by atoms with van der Waals surface area (Å²) in [5.74, 6) is 1.06. The number of ether oxygens (including phenoxy) is 1. The van der Waals surface area contributed by atoms with Crippen LogP contribution >= 0.6 is 22.9 Å². The molecule has 2 aliphatic rings. The minimum absolute atomic E-state index is 0.0316. The Balaban J connectivity index is 1.36. The molecule has 11 heteroatoms. The first-order chi connectivity index (χ1) is 14.7. The van der Waals surface area contributed by atoms with Gasteiger partial charge in [-0.05, 0) is 51.0 Å². The van der Waals surface area contributed by atoms with E-state index in [-0.39, 0.29) is 35.6 Å². The van der Waals surface area contributed by atoms with Gasteiger partial charge in [0.05, 0.1) is 28.6 Å². The van der Waals surface area contributed by atoms with Crippen molar-refractivity contribution in [2.75, 3.05) is 20.4 Å². The van der Waals surface area contributed by atoms with E-state index in [0.717, 1.165) is 0 Å². The highest BCUT2D eigenvalue weighted by Crippen LogP contribution is 2.36. The number of hydrogen-bond acceptors (Lipinski definition) is 7. The van der Waals surface area contributed by atoms with Crippen molar-refractivity contribution in [1.29, 1.82) is 0 Å². The standard InChI is InChI=1S/C20H22FIN6O3/c1-10-16-17(27(3)11(2)18(29)25-16)26-19(23-10)28(22)14-8-13(9-14)24-20(30)31-15-6-4-12(21)5-7-15/h4-7,11,13-14H,8-9H2,1-3H3,(H,24,30)(H,25,29)/t11-,13-,14-/m0/s1. The maximum Gasteiger partial charge on any atom is 0.412 e. The zero-order valence-electron chi connectivity index (χ0n) is 17.2.